The van der Waals surface area contributed by atoms with Crippen LogP contribution in [0.4, 0.5) is 0 Å². The minimum Gasteiger partial charge on any atom is -0.590 e. The van der Waals surface area contributed by atoms with E-state index in [1.165, 1.54) is 0 Å². The monoisotopic (exact) mass is 317 g/mol. The lowest BCUT2D eigenvalue weighted by molar-refractivity contribution is -0.125. The molecule has 0 aliphatic carbocycles. The van der Waals surface area contributed by atoms with E-state index in [4.69, 9.17) is 58.0 Å². The van der Waals surface area contributed by atoms with Crippen LogP contribution in [0.25, 0.3) is 0 Å². The van der Waals surface area contributed by atoms with E-state index in [-0.39, 0.29) is 12.4 Å². The van der Waals surface area contributed by atoms with Crippen LogP contribution in [-0.2, 0) is 16.2 Å². The lowest BCUT2D eigenvalue weighted by atomic mass is 10.4. The molecule has 9 heteroatoms. The third kappa shape index (κ3) is 1.79. The first-order chi connectivity index (χ1) is 6.26. The van der Waals surface area contributed by atoms with Gasteiger partial charge in [-0.25, -0.2) is 0 Å². The van der Waals surface area contributed by atoms with Crippen LogP contribution < -0.4 is 0 Å². The van der Waals surface area contributed by atoms with Crippen molar-refractivity contribution in [3.63, 3.8) is 0 Å². The van der Waals surface area contributed by atoms with Gasteiger partial charge in [0.25, 0.3) is 4.33 Å². The molecule has 0 spiro atoms. The topological polar surface area (TPSA) is 43.4 Å². The third-order valence-corrected chi connectivity index (χ3v) is 6.09. The Hall–Kier alpha value is 1.23. The molecule has 82 valence electrons. The van der Waals surface area contributed by atoms with Gasteiger partial charge in [0.05, 0.1) is 6.54 Å². The molecule has 0 bridgehead atoms. The molecule has 1 unspecified atom stereocenters. The van der Waals surface area contributed by atoms with Crippen LogP contribution in [0, 0.1) is 0 Å². The van der Waals surface area contributed by atoms with Gasteiger partial charge >= 0.3 is 9.57 Å². The lowest BCUT2D eigenvalue weighted by Gasteiger charge is -2.21. The first-order valence-electron chi connectivity index (χ1n) is 3.32. The van der Waals surface area contributed by atoms with E-state index in [1.54, 1.807) is 0 Å². The van der Waals surface area contributed by atoms with Crippen molar-refractivity contribution in [1.82, 2.24) is 4.31 Å². The van der Waals surface area contributed by atoms with Crippen molar-refractivity contribution < 1.29 is 9.35 Å². The second-order valence-corrected chi connectivity index (χ2v) is 7.47. The van der Waals surface area contributed by atoms with Crippen LogP contribution in [0.2, 0.25) is 0 Å². The number of hydrogen-bond donors (Lipinski definition) is 0. The van der Waals surface area contributed by atoms with Gasteiger partial charge in [-0.1, -0.05) is 23.2 Å². The number of carbonyl (C=O) groups excluding carboxylic acids is 1. The molecule has 0 aromatic heterocycles. The van der Waals surface area contributed by atoms with Gasteiger partial charge in [-0.05, 0) is 23.2 Å². The zero-order chi connectivity index (χ0) is 11.1. The van der Waals surface area contributed by atoms with Gasteiger partial charge in [-0.15, -0.1) is 11.6 Å². The second-order valence-electron chi connectivity index (χ2n) is 2.44. The number of hydrogen-bond acceptors (Lipinski definition) is 2. The average molecular weight is 319 g/mol. The first kappa shape index (κ1) is 13.3. The maximum absolute atomic E-state index is 11.6. The van der Waals surface area contributed by atoms with Crippen LogP contribution >= 0.6 is 58.0 Å². The average Bonchev–Trinajstić information content (AvgIpc) is 2.19. The summed E-state index contributed by atoms with van der Waals surface area (Å²) in [6.45, 7) is 0.0232. The van der Waals surface area contributed by atoms with Gasteiger partial charge in [-0.2, -0.15) is 4.31 Å². The highest BCUT2D eigenvalue weighted by Crippen LogP contribution is 2.54. The Morgan fingerprint density at radius 1 is 1.36 bits per heavy atom. The highest BCUT2D eigenvalue weighted by molar-refractivity contribution is 7.95. The molecule has 0 radical (unpaired) electrons. The van der Waals surface area contributed by atoms with Gasteiger partial charge in [0.2, 0.25) is 0 Å². The number of rotatable bonds is 2. The largest absolute Gasteiger partial charge is 0.590 e. The Labute approximate surface area is 109 Å². The van der Waals surface area contributed by atoms with Crippen LogP contribution in [-0.4, -0.2) is 35.2 Å². The van der Waals surface area contributed by atoms with E-state index < -0.39 is 25.3 Å². The van der Waals surface area contributed by atoms with E-state index >= 15 is 0 Å². The minimum atomic E-state index is -2.10. The van der Waals surface area contributed by atoms with Crippen molar-refractivity contribution >= 4 is 75.3 Å². The van der Waals surface area contributed by atoms with Crippen molar-refractivity contribution in [3.05, 3.63) is 0 Å². The Balaban J connectivity index is 3.03. The molecule has 14 heavy (non-hydrogen) atoms. The zero-order valence-corrected chi connectivity index (χ0v) is 11.1. The number of alkyl halides is 5. The maximum atomic E-state index is 11.6. The molecule has 0 aromatic rings. The van der Waals surface area contributed by atoms with E-state index in [0.717, 1.165) is 4.31 Å². The summed E-state index contributed by atoms with van der Waals surface area (Å²) in [5.74, 6) is -0.713. The molecular formula is C5H4Cl5NO2S. The minimum absolute atomic E-state index is 0.0232. The van der Waals surface area contributed by atoms with Crippen LogP contribution in [0.15, 0.2) is 0 Å². The van der Waals surface area contributed by atoms with Gasteiger partial charge in [0.1, 0.15) is 11.4 Å². The zero-order valence-electron chi connectivity index (χ0n) is 6.48. The smallest absolute Gasteiger partial charge is 0.340 e. The fourth-order valence-electron chi connectivity index (χ4n) is 0.866. The summed E-state index contributed by atoms with van der Waals surface area (Å²) < 4.78 is 8.28. The summed E-state index contributed by atoms with van der Waals surface area (Å²) in [6.07, 6.45) is 0. The number of halogens is 5. The Morgan fingerprint density at radius 3 is 2.14 bits per heavy atom. The van der Waals surface area contributed by atoms with Crippen LogP contribution in [0.1, 0.15) is 0 Å². The van der Waals surface area contributed by atoms with E-state index in [2.05, 4.69) is 0 Å². The Kier molecular flexibility index (Phi) is 4.03. The van der Waals surface area contributed by atoms with Crippen LogP contribution in [0.5, 0.6) is 0 Å². The molecule has 0 saturated carbocycles. The van der Waals surface area contributed by atoms with Crippen molar-refractivity contribution in [1.29, 1.82) is 0 Å². The fraction of sp³-hybridized carbons (Fsp3) is 0.800. The highest BCUT2D eigenvalue weighted by atomic mass is 35.5. The normalized spacial score (nSPS) is 29.7. The van der Waals surface area contributed by atoms with E-state index in [0.29, 0.717) is 0 Å². The summed E-state index contributed by atoms with van der Waals surface area (Å²) >= 11 is 25.9. The molecule has 1 aliphatic rings. The van der Waals surface area contributed by atoms with Crippen molar-refractivity contribution in [2.24, 2.45) is 0 Å². The molecule has 1 aliphatic heterocycles. The Morgan fingerprint density at radius 2 is 1.86 bits per heavy atom. The highest BCUT2D eigenvalue weighted by Gasteiger charge is 2.73. The predicted molar refractivity (Wildman–Crippen MR) is 59.4 cm³/mol. The van der Waals surface area contributed by atoms with E-state index in [1.807, 2.05) is 0 Å². The first-order valence-corrected chi connectivity index (χ1v) is 6.47. The summed E-state index contributed by atoms with van der Waals surface area (Å²) in [7, 11) is 0. The molecule has 1 saturated heterocycles. The van der Waals surface area contributed by atoms with Gasteiger partial charge < -0.3 is 4.55 Å². The summed E-state index contributed by atoms with van der Waals surface area (Å²) in [5, 5.41) is 0. The van der Waals surface area contributed by atoms with Crippen LogP contribution in [0.3, 0.4) is 0 Å². The Bertz CT molecular complexity index is 261. The second kappa shape index (κ2) is 4.24. The van der Waals surface area contributed by atoms with Gasteiger partial charge in [-0.3, -0.25) is 4.79 Å². The summed E-state index contributed by atoms with van der Waals surface area (Å²) in [6, 6.07) is 0. The lowest BCUT2D eigenvalue weighted by Crippen LogP contribution is -2.38. The molecule has 3 nitrogen and oxygen atoms in total. The van der Waals surface area contributed by atoms with Crippen molar-refractivity contribution in [2.45, 2.75) is 8.00 Å². The number of nitrogens with zero attached hydrogens (tertiary/aromatic N) is 1. The molecule has 1 amide bonds. The molecule has 1 fully saturated rings. The molecule has 1 heterocycles. The number of carbonyl (C=O) groups is 1. The summed E-state index contributed by atoms with van der Waals surface area (Å²) in [4.78, 5) is 11.5. The molecule has 1 rings (SSSR count). The van der Waals surface area contributed by atoms with Gasteiger partial charge in [0, 0.05) is 5.88 Å². The van der Waals surface area contributed by atoms with Crippen molar-refractivity contribution in [3.8, 4) is 0 Å². The molecular weight excluding hydrogens is 315 g/mol. The standard InChI is InChI=1S/C5H4Cl5NO2S/c6-1-2-11-3(12)4(7,8)5(9,10)14(11)13/h1-2H2. The molecule has 0 N–H and O–H groups in total. The molecule has 1 atom stereocenters. The van der Waals surface area contributed by atoms with Gasteiger partial charge in [0.15, 0.2) is 0 Å². The predicted octanol–water partition coefficient (Wildman–Crippen LogP) is 2.04. The molecule has 0 aromatic carbocycles. The quantitative estimate of drug-likeness (QED) is 0.577. The van der Waals surface area contributed by atoms with E-state index in [9.17, 15) is 9.35 Å². The third-order valence-electron chi connectivity index (χ3n) is 1.57. The number of amides is 1. The maximum Gasteiger partial charge on any atom is 0.340 e. The SMILES string of the molecule is O=C1N(CCCl)[S+]([O-])C(Cl)(Cl)C1(Cl)Cl. The van der Waals surface area contributed by atoms with Crippen molar-refractivity contribution in [2.75, 3.05) is 12.4 Å². The fourth-order valence-corrected chi connectivity index (χ4v) is 3.62. The summed E-state index contributed by atoms with van der Waals surface area (Å²) in [5.41, 5.74) is 0.